The number of aryl methyl sites for hydroxylation is 1. The van der Waals surface area contributed by atoms with Crippen molar-refractivity contribution in [3.8, 4) is 17.5 Å². The van der Waals surface area contributed by atoms with Crippen LogP contribution in [-0.2, 0) is 0 Å². The molecule has 0 atom stereocenters. The molecule has 0 aliphatic heterocycles. The van der Waals surface area contributed by atoms with E-state index in [0.29, 0.717) is 10.8 Å². The third-order valence-electron chi connectivity index (χ3n) is 3.26. The van der Waals surface area contributed by atoms with Crippen LogP contribution in [-0.4, -0.2) is 15.1 Å². The molecule has 0 amide bonds. The Hall–Kier alpha value is -3.18. The standard InChI is InChI=1S/C16H10N4O3S/c1-10-4-2-3-5-12(10)15-18-19-16(23-15)24-14-7-6-11(9-17)8-13(14)20(21)22/h2-8H,1H3. The van der Waals surface area contributed by atoms with Crippen LogP contribution in [0.3, 0.4) is 0 Å². The molecule has 0 unspecified atom stereocenters. The Labute approximate surface area is 141 Å². The predicted molar refractivity (Wildman–Crippen MR) is 86.4 cm³/mol. The van der Waals surface area contributed by atoms with Crippen molar-refractivity contribution >= 4 is 17.4 Å². The van der Waals surface area contributed by atoms with Gasteiger partial charge in [-0.2, -0.15) is 5.26 Å². The number of hydrogen-bond acceptors (Lipinski definition) is 7. The molecule has 24 heavy (non-hydrogen) atoms. The van der Waals surface area contributed by atoms with E-state index in [1.807, 2.05) is 37.3 Å². The highest BCUT2D eigenvalue weighted by Gasteiger charge is 2.19. The van der Waals surface area contributed by atoms with Crippen LogP contribution in [0.25, 0.3) is 11.5 Å². The van der Waals surface area contributed by atoms with Gasteiger partial charge in [0.25, 0.3) is 10.9 Å². The van der Waals surface area contributed by atoms with E-state index in [1.165, 1.54) is 18.2 Å². The summed E-state index contributed by atoms with van der Waals surface area (Å²) < 4.78 is 5.60. The van der Waals surface area contributed by atoms with Crippen molar-refractivity contribution < 1.29 is 9.34 Å². The zero-order valence-corrected chi connectivity index (χ0v) is 13.3. The minimum atomic E-state index is -0.540. The average molecular weight is 338 g/mol. The second-order valence-electron chi connectivity index (χ2n) is 4.84. The molecule has 2 aromatic carbocycles. The Morgan fingerprint density at radius 3 is 2.75 bits per heavy atom. The van der Waals surface area contributed by atoms with Gasteiger partial charge >= 0.3 is 0 Å². The van der Waals surface area contributed by atoms with E-state index in [4.69, 9.17) is 9.68 Å². The van der Waals surface area contributed by atoms with E-state index >= 15 is 0 Å². The second-order valence-corrected chi connectivity index (χ2v) is 5.83. The van der Waals surface area contributed by atoms with E-state index in [0.717, 1.165) is 22.9 Å². The Morgan fingerprint density at radius 1 is 1.25 bits per heavy atom. The molecule has 118 valence electrons. The van der Waals surface area contributed by atoms with E-state index in [9.17, 15) is 10.1 Å². The minimum absolute atomic E-state index is 0.172. The number of nitriles is 1. The van der Waals surface area contributed by atoms with Crippen LogP contribution in [0.2, 0.25) is 0 Å². The molecule has 1 aromatic heterocycles. The van der Waals surface area contributed by atoms with Gasteiger partial charge in [-0.15, -0.1) is 10.2 Å². The molecule has 0 saturated heterocycles. The van der Waals surface area contributed by atoms with Gasteiger partial charge < -0.3 is 4.42 Å². The maximum Gasteiger partial charge on any atom is 0.284 e. The number of nitro groups is 1. The highest BCUT2D eigenvalue weighted by molar-refractivity contribution is 7.99. The van der Waals surface area contributed by atoms with Gasteiger partial charge in [-0.1, -0.05) is 18.2 Å². The molecular formula is C16H10N4O3S. The molecule has 0 aliphatic carbocycles. The van der Waals surface area contributed by atoms with Gasteiger partial charge in [-0.05, 0) is 42.4 Å². The number of nitro benzene ring substituents is 1. The van der Waals surface area contributed by atoms with Crippen LogP contribution in [0.15, 0.2) is 57.0 Å². The summed E-state index contributed by atoms with van der Waals surface area (Å²) in [5.41, 5.74) is 1.85. The van der Waals surface area contributed by atoms with Gasteiger partial charge in [-0.3, -0.25) is 10.1 Å². The fourth-order valence-corrected chi connectivity index (χ4v) is 2.85. The monoisotopic (exact) mass is 338 g/mol. The summed E-state index contributed by atoms with van der Waals surface area (Å²) in [6.07, 6.45) is 0. The first kappa shape index (κ1) is 15.7. The SMILES string of the molecule is Cc1ccccc1-c1nnc(Sc2ccc(C#N)cc2[N+](=O)[O-])o1. The molecule has 0 bridgehead atoms. The van der Waals surface area contributed by atoms with Crippen LogP contribution >= 0.6 is 11.8 Å². The largest absolute Gasteiger partial charge is 0.411 e. The van der Waals surface area contributed by atoms with Crippen LogP contribution in [0.5, 0.6) is 0 Å². The maximum absolute atomic E-state index is 11.2. The zero-order chi connectivity index (χ0) is 17.1. The van der Waals surface area contributed by atoms with Gasteiger partial charge in [-0.25, -0.2) is 0 Å². The van der Waals surface area contributed by atoms with Crippen molar-refractivity contribution in [2.24, 2.45) is 0 Å². The first-order valence-corrected chi connectivity index (χ1v) is 7.66. The number of rotatable bonds is 4. The van der Waals surface area contributed by atoms with Crippen LogP contribution < -0.4 is 0 Å². The molecular weight excluding hydrogens is 328 g/mol. The van der Waals surface area contributed by atoms with E-state index in [2.05, 4.69) is 10.2 Å². The quantitative estimate of drug-likeness (QED) is 0.523. The predicted octanol–water partition coefficient (Wildman–Crippen LogP) is 3.98. The summed E-state index contributed by atoms with van der Waals surface area (Å²) in [5.74, 6) is 0.354. The summed E-state index contributed by atoms with van der Waals surface area (Å²) in [4.78, 5) is 11.0. The molecule has 0 aliphatic rings. The fraction of sp³-hybridized carbons (Fsp3) is 0.0625. The Morgan fingerprint density at radius 2 is 2.04 bits per heavy atom. The van der Waals surface area contributed by atoms with Gasteiger partial charge in [0.1, 0.15) is 0 Å². The highest BCUT2D eigenvalue weighted by Crippen LogP contribution is 2.36. The lowest BCUT2D eigenvalue weighted by molar-refractivity contribution is -0.387. The van der Waals surface area contributed by atoms with Crippen molar-refractivity contribution in [2.45, 2.75) is 17.0 Å². The summed E-state index contributed by atoms with van der Waals surface area (Å²) in [6.45, 7) is 1.93. The van der Waals surface area contributed by atoms with Crippen molar-refractivity contribution in [3.05, 3.63) is 63.7 Å². The van der Waals surface area contributed by atoms with Crippen LogP contribution in [0.1, 0.15) is 11.1 Å². The lowest BCUT2D eigenvalue weighted by atomic mass is 10.1. The molecule has 3 rings (SSSR count). The van der Waals surface area contributed by atoms with E-state index in [-0.39, 0.29) is 16.5 Å². The fourth-order valence-electron chi connectivity index (χ4n) is 2.08. The van der Waals surface area contributed by atoms with Crippen molar-refractivity contribution in [2.75, 3.05) is 0 Å². The second kappa shape index (κ2) is 6.52. The molecule has 8 heteroatoms. The average Bonchev–Trinajstić information content (AvgIpc) is 3.03. The summed E-state index contributed by atoms with van der Waals surface area (Å²) in [5, 5.41) is 28.1. The molecule has 0 radical (unpaired) electrons. The Kier molecular flexibility index (Phi) is 4.26. The Balaban J connectivity index is 1.92. The maximum atomic E-state index is 11.2. The molecule has 7 nitrogen and oxygen atoms in total. The Bertz CT molecular complexity index is 962. The molecule has 1 heterocycles. The smallest absolute Gasteiger partial charge is 0.284 e. The first-order chi connectivity index (χ1) is 11.6. The van der Waals surface area contributed by atoms with Crippen molar-refractivity contribution in [1.82, 2.24) is 10.2 Å². The molecule has 0 fully saturated rings. The minimum Gasteiger partial charge on any atom is -0.411 e. The van der Waals surface area contributed by atoms with Crippen LogP contribution in [0, 0.1) is 28.4 Å². The molecule has 3 aromatic rings. The number of hydrogen-bond donors (Lipinski definition) is 0. The van der Waals surface area contributed by atoms with Gasteiger partial charge in [0.2, 0.25) is 5.89 Å². The third-order valence-corrected chi connectivity index (χ3v) is 4.17. The molecule has 0 saturated carbocycles. The molecule has 0 spiro atoms. The topological polar surface area (TPSA) is 106 Å². The number of aromatic nitrogens is 2. The summed E-state index contributed by atoms with van der Waals surface area (Å²) >= 11 is 0.992. The first-order valence-electron chi connectivity index (χ1n) is 6.84. The molecule has 0 N–H and O–H groups in total. The van der Waals surface area contributed by atoms with E-state index < -0.39 is 4.92 Å². The lowest BCUT2D eigenvalue weighted by Gasteiger charge is -2.00. The third kappa shape index (κ3) is 3.11. The highest BCUT2D eigenvalue weighted by atomic mass is 32.2. The van der Waals surface area contributed by atoms with Gasteiger partial charge in [0, 0.05) is 11.6 Å². The number of benzene rings is 2. The van der Waals surface area contributed by atoms with Crippen LogP contribution in [0.4, 0.5) is 5.69 Å². The normalized spacial score (nSPS) is 10.3. The van der Waals surface area contributed by atoms with Crippen molar-refractivity contribution in [1.29, 1.82) is 5.26 Å². The lowest BCUT2D eigenvalue weighted by Crippen LogP contribution is -1.92. The summed E-state index contributed by atoms with van der Waals surface area (Å²) in [6, 6.07) is 13.7. The van der Waals surface area contributed by atoms with Crippen molar-refractivity contribution in [3.63, 3.8) is 0 Å². The number of nitrogens with zero attached hydrogens (tertiary/aromatic N) is 4. The van der Waals surface area contributed by atoms with Gasteiger partial charge in [0.15, 0.2) is 0 Å². The summed E-state index contributed by atoms with van der Waals surface area (Å²) in [7, 11) is 0. The van der Waals surface area contributed by atoms with E-state index in [1.54, 1.807) is 0 Å². The zero-order valence-electron chi connectivity index (χ0n) is 12.5. The van der Waals surface area contributed by atoms with Gasteiger partial charge in [0.05, 0.1) is 21.5 Å².